The first-order chi connectivity index (χ1) is 4.73. The number of hydrogen-bond acceptors (Lipinski definition) is 3. The minimum absolute atomic E-state index is 0. The van der Waals surface area contributed by atoms with Crippen molar-refractivity contribution in [1.82, 2.24) is 0 Å². The third kappa shape index (κ3) is 22.9. The maximum absolute atomic E-state index is 8.48. The van der Waals surface area contributed by atoms with Gasteiger partial charge >= 0.3 is 103 Å². The van der Waals surface area contributed by atoms with Crippen LogP contribution in [0.1, 0.15) is 0 Å². The first-order valence-electron chi connectivity index (χ1n) is 2.55. The van der Waals surface area contributed by atoms with Crippen LogP contribution < -0.4 is 113 Å². The summed E-state index contributed by atoms with van der Waals surface area (Å²) in [5.74, 6) is 0. The summed E-state index contributed by atoms with van der Waals surface area (Å²) in [6.45, 7) is 0. The third-order valence-corrected chi connectivity index (χ3v) is 0.667. The van der Waals surface area contributed by atoms with Crippen molar-refractivity contribution in [3.8, 4) is 0 Å². The maximum Gasteiger partial charge on any atom is 1.00 e. The van der Waals surface area contributed by atoms with E-state index in [9.17, 15) is 0 Å². The zero-order valence-electron chi connectivity index (χ0n) is 7.14. The van der Waals surface area contributed by atoms with E-state index in [1.807, 2.05) is 36.4 Å². The molecule has 0 radical (unpaired) electrons. The van der Waals surface area contributed by atoms with Crippen LogP contribution in [-0.4, -0.2) is 0 Å². The zero-order chi connectivity index (χ0) is 7.82. The molecule has 0 aliphatic heterocycles. The van der Waals surface area contributed by atoms with Gasteiger partial charge in [0.15, 0.2) is 0 Å². The minimum Gasteiger partial charge on any atom is -0.598 e. The molecule has 12 heavy (non-hydrogen) atoms. The molecule has 1 aromatic carbocycles. The fraction of sp³-hybridized carbons (Fsp3) is 0. The predicted molar refractivity (Wildman–Crippen MR) is 34.0 cm³/mol. The third-order valence-electron chi connectivity index (χ3n) is 0.667. The predicted octanol–water partition coefficient (Wildman–Crippen LogP) is -5.94. The molecule has 0 saturated carbocycles. The summed E-state index contributed by atoms with van der Waals surface area (Å²) >= 11 is 0. The number of benzene rings is 1. The fourth-order valence-corrected chi connectivity index (χ4v) is 0.385. The molecule has 0 N–H and O–H groups in total. The van der Waals surface area contributed by atoms with Crippen LogP contribution in [0.15, 0.2) is 36.4 Å². The fourth-order valence-electron chi connectivity index (χ4n) is 0.385. The summed E-state index contributed by atoms with van der Waals surface area (Å²) in [6.07, 6.45) is 0. The van der Waals surface area contributed by atoms with Crippen molar-refractivity contribution >= 4 is 8.25 Å². The van der Waals surface area contributed by atoms with Crippen molar-refractivity contribution in [2.24, 2.45) is 0 Å². The van der Waals surface area contributed by atoms with Gasteiger partial charge in [0.25, 0.3) is 8.25 Å². The van der Waals surface area contributed by atoms with Gasteiger partial charge in [-0.3, -0.25) is 0 Å². The normalized spacial score (nSPS) is 6.17. The molecule has 0 aromatic heterocycles. The van der Waals surface area contributed by atoms with Crippen LogP contribution in [0.5, 0.6) is 0 Å². The van der Waals surface area contributed by atoms with Crippen LogP contribution >= 0.6 is 8.25 Å². The maximum atomic E-state index is 8.48. The Morgan fingerprint density at radius 2 is 0.833 bits per heavy atom. The average Bonchev–Trinajstić information content (AvgIpc) is 1.90. The van der Waals surface area contributed by atoms with Gasteiger partial charge in [-0.1, -0.05) is 41.0 Å². The molecule has 0 unspecified atom stereocenters. The molecule has 6 heteroatoms. The first kappa shape index (κ1) is 20.0. The van der Waals surface area contributed by atoms with E-state index in [2.05, 4.69) is 0 Å². The summed E-state index contributed by atoms with van der Waals surface area (Å²) in [5.41, 5.74) is 0. The number of hydrogen-bond donors (Lipinski definition) is 0. The molecule has 3 nitrogen and oxygen atoms in total. The summed E-state index contributed by atoms with van der Waals surface area (Å²) in [7, 11) is -3.37. The van der Waals surface area contributed by atoms with Crippen LogP contribution in [-0.2, 0) is 4.57 Å². The molecular formula is C6H6K2O3P+. The second-order valence-corrected chi connectivity index (χ2v) is 1.83. The van der Waals surface area contributed by atoms with Crippen molar-refractivity contribution in [2.75, 3.05) is 0 Å². The van der Waals surface area contributed by atoms with Crippen molar-refractivity contribution in [2.45, 2.75) is 0 Å². The Balaban J connectivity index is -0.000000124. The second-order valence-electron chi connectivity index (χ2n) is 1.38. The standard InChI is InChI=1S/C6H6.2K.HO3P/c1-2-4-6-5-3-1;;;1-4(2)3/h1-6H;;;(H,1,2,3)/q;2*+1;/p-1. The average molecular weight is 235 g/mol. The Bertz CT molecular complexity index is 153. The van der Waals surface area contributed by atoms with E-state index in [0.29, 0.717) is 0 Å². The molecule has 1 rings (SSSR count). The molecule has 0 saturated heterocycles. The van der Waals surface area contributed by atoms with Crippen molar-refractivity contribution in [1.29, 1.82) is 0 Å². The largest absolute Gasteiger partial charge is 1.00 e. The molecule has 0 aliphatic rings. The molecule has 0 spiro atoms. The quantitative estimate of drug-likeness (QED) is 0.332. The molecule has 54 valence electrons. The van der Waals surface area contributed by atoms with E-state index < -0.39 is 8.25 Å². The van der Waals surface area contributed by atoms with Gasteiger partial charge in [-0.25, -0.2) is 0 Å². The van der Waals surface area contributed by atoms with Gasteiger partial charge in [0, 0.05) is 0 Å². The monoisotopic (exact) mass is 235 g/mol. The van der Waals surface area contributed by atoms with Crippen LogP contribution in [0.2, 0.25) is 0 Å². The van der Waals surface area contributed by atoms with Gasteiger partial charge in [0.1, 0.15) is 0 Å². The van der Waals surface area contributed by atoms with E-state index in [0.717, 1.165) is 0 Å². The van der Waals surface area contributed by atoms with E-state index in [-0.39, 0.29) is 103 Å². The van der Waals surface area contributed by atoms with Gasteiger partial charge in [0.05, 0.1) is 0 Å². The van der Waals surface area contributed by atoms with Crippen LogP contribution in [0.4, 0.5) is 0 Å². The van der Waals surface area contributed by atoms with Crippen molar-refractivity contribution < 1.29 is 117 Å². The molecule has 0 heterocycles. The van der Waals surface area contributed by atoms with Crippen LogP contribution in [0.3, 0.4) is 0 Å². The SMILES string of the molecule is O=[P+]([O-])[O-].[K+].[K+].c1ccccc1. The Hall–Kier alpha value is 2.51. The molecule has 1 aromatic rings. The van der Waals surface area contributed by atoms with E-state index in [1.54, 1.807) is 0 Å². The summed E-state index contributed by atoms with van der Waals surface area (Å²) in [4.78, 5) is 17.0. The molecule has 0 aliphatic carbocycles. The Labute approximate surface area is 158 Å². The molecule has 0 atom stereocenters. The summed E-state index contributed by atoms with van der Waals surface area (Å²) in [5, 5.41) is 0. The van der Waals surface area contributed by atoms with E-state index >= 15 is 0 Å². The molecular weight excluding hydrogens is 229 g/mol. The first-order valence-corrected chi connectivity index (χ1v) is 3.64. The Morgan fingerprint density at radius 3 is 0.917 bits per heavy atom. The van der Waals surface area contributed by atoms with E-state index in [4.69, 9.17) is 14.4 Å². The van der Waals surface area contributed by atoms with Crippen LogP contribution in [0, 0.1) is 0 Å². The zero-order valence-corrected chi connectivity index (χ0v) is 14.3. The molecule has 0 amide bonds. The number of rotatable bonds is 0. The molecule has 0 bridgehead atoms. The minimum atomic E-state index is -3.37. The summed E-state index contributed by atoms with van der Waals surface area (Å²) < 4.78 is 8.48. The van der Waals surface area contributed by atoms with Gasteiger partial charge in [-0.15, -0.1) is 0 Å². The molecule has 0 fully saturated rings. The summed E-state index contributed by atoms with van der Waals surface area (Å²) in [6, 6.07) is 12.0. The Kier molecular flexibility index (Phi) is 26.6. The van der Waals surface area contributed by atoms with E-state index in [1.165, 1.54) is 0 Å². The second kappa shape index (κ2) is 16.0. The van der Waals surface area contributed by atoms with Crippen LogP contribution in [0.25, 0.3) is 0 Å². The van der Waals surface area contributed by atoms with Gasteiger partial charge in [-0.05, 0) is 0 Å². The van der Waals surface area contributed by atoms with Gasteiger partial charge in [-0.2, -0.15) is 0 Å². The van der Waals surface area contributed by atoms with Gasteiger partial charge < -0.3 is 9.79 Å². The topological polar surface area (TPSA) is 63.2 Å². The smallest absolute Gasteiger partial charge is 0.598 e. The Morgan fingerprint density at radius 1 is 0.750 bits per heavy atom. The van der Waals surface area contributed by atoms with Crippen molar-refractivity contribution in [3.63, 3.8) is 0 Å². The van der Waals surface area contributed by atoms with Gasteiger partial charge in [0.2, 0.25) is 0 Å². The van der Waals surface area contributed by atoms with Crippen molar-refractivity contribution in [3.05, 3.63) is 36.4 Å².